The number of benzene rings is 1. The van der Waals surface area contributed by atoms with Crippen LogP contribution in [0, 0.1) is 0 Å². The molecule has 1 rings (SSSR count). The lowest BCUT2D eigenvalue weighted by atomic mass is 10.2. The highest BCUT2D eigenvalue weighted by Gasteiger charge is 1.87. The van der Waals surface area contributed by atoms with E-state index < -0.39 is 0 Å². The van der Waals surface area contributed by atoms with Gasteiger partial charge in [0.2, 0.25) is 0 Å². The van der Waals surface area contributed by atoms with E-state index in [0.29, 0.717) is 12.4 Å². The zero-order valence-electron chi connectivity index (χ0n) is 18.3. The van der Waals surface area contributed by atoms with Crippen LogP contribution < -0.4 is 0 Å². The van der Waals surface area contributed by atoms with Gasteiger partial charge in [0, 0.05) is 13.0 Å². The van der Waals surface area contributed by atoms with Gasteiger partial charge in [-0.2, -0.15) is 0 Å². The summed E-state index contributed by atoms with van der Waals surface area (Å²) >= 11 is 0. The van der Waals surface area contributed by atoms with E-state index in [1.54, 1.807) is 6.92 Å². The van der Waals surface area contributed by atoms with Crippen molar-refractivity contribution in [3.8, 4) is 0 Å². The second kappa shape index (κ2) is 31.6. The van der Waals surface area contributed by atoms with Gasteiger partial charge in [-0.15, -0.1) is 0 Å². The molecule has 0 unspecified atom stereocenters. The fourth-order valence-corrected chi connectivity index (χ4v) is 1.85. The minimum atomic E-state index is 0.307. The van der Waals surface area contributed by atoms with Crippen molar-refractivity contribution in [1.82, 2.24) is 0 Å². The van der Waals surface area contributed by atoms with Crippen LogP contribution in [0.15, 0.2) is 36.4 Å². The summed E-state index contributed by atoms with van der Waals surface area (Å²) in [5, 5.41) is 8.29. The largest absolute Gasteiger partial charge is 0.396 e. The van der Waals surface area contributed by atoms with Crippen molar-refractivity contribution in [3.05, 3.63) is 36.4 Å². The summed E-state index contributed by atoms with van der Waals surface area (Å²) in [6, 6.07) is 12.0. The highest BCUT2D eigenvalue weighted by Crippen LogP contribution is 1.96. The Kier molecular flexibility index (Phi) is 36.0. The van der Waals surface area contributed by atoms with E-state index in [-0.39, 0.29) is 0 Å². The summed E-state index contributed by atoms with van der Waals surface area (Å²) in [4.78, 5) is 10.2. The Bertz CT molecular complexity index is 288. The Morgan fingerprint density at radius 1 is 0.615 bits per heavy atom. The molecule has 0 atom stereocenters. The summed E-state index contributed by atoms with van der Waals surface area (Å²) in [5.74, 6) is 0.307. The Hall–Kier alpha value is -1.15. The second-order valence-corrected chi connectivity index (χ2v) is 6.45. The van der Waals surface area contributed by atoms with Gasteiger partial charge in [0.1, 0.15) is 5.78 Å². The van der Waals surface area contributed by atoms with E-state index in [1.807, 2.05) is 36.4 Å². The molecule has 1 aromatic carbocycles. The number of carbonyl (C=O) groups is 1. The Labute approximate surface area is 164 Å². The molecule has 1 N–H and O–H groups in total. The fourth-order valence-electron chi connectivity index (χ4n) is 1.85. The van der Waals surface area contributed by atoms with Crippen LogP contribution in [0.25, 0.3) is 0 Å². The molecule has 0 bridgehead atoms. The number of hydrogen-bond acceptors (Lipinski definition) is 2. The molecule has 154 valence electrons. The van der Waals surface area contributed by atoms with Crippen molar-refractivity contribution in [1.29, 1.82) is 0 Å². The van der Waals surface area contributed by atoms with Crippen molar-refractivity contribution in [2.75, 3.05) is 6.61 Å². The molecule has 1 aromatic rings. The van der Waals surface area contributed by atoms with Crippen LogP contribution in [-0.2, 0) is 4.79 Å². The van der Waals surface area contributed by atoms with Gasteiger partial charge in [0.05, 0.1) is 0 Å². The molecular weight excluding hydrogens is 320 g/mol. The topological polar surface area (TPSA) is 37.3 Å². The predicted octanol–water partition coefficient (Wildman–Crippen LogP) is 7.60. The lowest BCUT2D eigenvalue weighted by Crippen LogP contribution is -1.86. The second-order valence-electron chi connectivity index (χ2n) is 6.45. The first-order chi connectivity index (χ1) is 12.6. The number of carbonyl (C=O) groups excluding carboxylic acids is 1. The SMILES string of the molecule is CCCCC(C)=O.CCCCCC.CCCCCCO.c1ccccc1. The molecule has 0 fully saturated rings. The fraction of sp³-hybridized carbons (Fsp3) is 0.708. The van der Waals surface area contributed by atoms with Crippen LogP contribution in [0.5, 0.6) is 0 Å². The van der Waals surface area contributed by atoms with E-state index in [9.17, 15) is 4.79 Å². The zero-order valence-corrected chi connectivity index (χ0v) is 18.3. The van der Waals surface area contributed by atoms with E-state index in [0.717, 1.165) is 25.7 Å². The first-order valence-corrected chi connectivity index (χ1v) is 10.7. The average Bonchev–Trinajstić information content (AvgIpc) is 2.68. The van der Waals surface area contributed by atoms with Crippen LogP contribution in [0.4, 0.5) is 0 Å². The van der Waals surface area contributed by atoms with Gasteiger partial charge >= 0.3 is 0 Å². The van der Waals surface area contributed by atoms with E-state index in [2.05, 4.69) is 27.7 Å². The van der Waals surface area contributed by atoms with Crippen LogP contribution >= 0.6 is 0 Å². The average molecular weight is 367 g/mol. The smallest absolute Gasteiger partial charge is 0.129 e. The minimum Gasteiger partial charge on any atom is -0.396 e. The standard InChI is InChI=1S/C6H12O.C6H14O.C6H6.C6H14/c1-3-4-5-6(2)7;1-2-3-4-5-6-7;1-2-4-6-5-3-1;1-3-5-6-4-2/h3-5H2,1-2H3;7H,2-6H2,1H3;1-6H;3-6H2,1-2H3. The van der Waals surface area contributed by atoms with Gasteiger partial charge in [-0.25, -0.2) is 0 Å². The van der Waals surface area contributed by atoms with Crippen molar-refractivity contribution < 1.29 is 9.90 Å². The summed E-state index contributed by atoms with van der Waals surface area (Å²) in [7, 11) is 0. The van der Waals surface area contributed by atoms with E-state index >= 15 is 0 Å². The van der Waals surface area contributed by atoms with Gasteiger partial charge in [-0.1, -0.05) is 115 Å². The van der Waals surface area contributed by atoms with Crippen LogP contribution in [0.3, 0.4) is 0 Å². The lowest BCUT2D eigenvalue weighted by molar-refractivity contribution is -0.117. The third-order valence-corrected chi connectivity index (χ3v) is 3.52. The Balaban J connectivity index is -0.000000272. The number of rotatable bonds is 10. The van der Waals surface area contributed by atoms with Gasteiger partial charge < -0.3 is 9.90 Å². The molecule has 26 heavy (non-hydrogen) atoms. The molecule has 0 aliphatic heterocycles. The van der Waals surface area contributed by atoms with Crippen molar-refractivity contribution in [3.63, 3.8) is 0 Å². The molecule has 0 amide bonds. The normalized spacial score (nSPS) is 8.85. The number of aliphatic hydroxyl groups is 1. The third-order valence-electron chi connectivity index (χ3n) is 3.52. The molecule has 0 radical (unpaired) electrons. The molecule has 0 aliphatic rings. The third kappa shape index (κ3) is 43.4. The molecule has 0 aromatic heterocycles. The predicted molar refractivity (Wildman–Crippen MR) is 118 cm³/mol. The zero-order chi connectivity index (χ0) is 20.3. The monoisotopic (exact) mass is 366 g/mol. The maximum atomic E-state index is 10.2. The van der Waals surface area contributed by atoms with Crippen molar-refractivity contribution >= 4 is 5.78 Å². The highest BCUT2D eigenvalue weighted by atomic mass is 16.2. The van der Waals surface area contributed by atoms with E-state index in [1.165, 1.54) is 44.9 Å². The summed E-state index contributed by atoms with van der Waals surface area (Å²) in [5.41, 5.74) is 0. The lowest BCUT2D eigenvalue weighted by Gasteiger charge is -1.90. The number of hydrogen-bond donors (Lipinski definition) is 1. The first kappa shape index (κ1) is 29.6. The maximum Gasteiger partial charge on any atom is 0.129 e. The first-order valence-electron chi connectivity index (χ1n) is 10.7. The number of aliphatic hydroxyl groups excluding tert-OH is 1. The summed E-state index contributed by atoms with van der Waals surface area (Å²) < 4.78 is 0. The van der Waals surface area contributed by atoms with Gasteiger partial charge in [0.25, 0.3) is 0 Å². The Morgan fingerprint density at radius 3 is 1.19 bits per heavy atom. The van der Waals surface area contributed by atoms with E-state index in [4.69, 9.17) is 5.11 Å². The molecule has 2 nitrogen and oxygen atoms in total. The van der Waals surface area contributed by atoms with Crippen molar-refractivity contribution in [2.45, 2.75) is 105 Å². The molecular formula is C24H46O2. The minimum absolute atomic E-state index is 0.307. The Morgan fingerprint density at radius 2 is 0.962 bits per heavy atom. The number of ketones is 1. The van der Waals surface area contributed by atoms with Gasteiger partial charge in [-0.05, 0) is 19.8 Å². The van der Waals surface area contributed by atoms with Gasteiger partial charge in [-0.3, -0.25) is 0 Å². The molecule has 0 saturated carbocycles. The molecule has 0 saturated heterocycles. The highest BCUT2D eigenvalue weighted by molar-refractivity contribution is 5.75. The van der Waals surface area contributed by atoms with Crippen LogP contribution in [-0.4, -0.2) is 17.5 Å². The summed E-state index contributed by atoms with van der Waals surface area (Å²) in [6.07, 6.45) is 13.2. The quantitative estimate of drug-likeness (QED) is 0.433. The molecule has 2 heteroatoms. The van der Waals surface area contributed by atoms with Gasteiger partial charge in [0.15, 0.2) is 0 Å². The molecule has 0 aliphatic carbocycles. The van der Waals surface area contributed by atoms with Crippen LogP contribution in [0.1, 0.15) is 105 Å². The number of Topliss-reactive ketones (excluding diaryl/α,β-unsaturated/α-hetero) is 1. The van der Waals surface area contributed by atoms with Crippen LogP contribution in [0.2, 0.25) is 0 Å². The maximum absolute atomic E-state index is 10.2. The van der Waals surface area contributed by atoms with Crippen molar-refractivity contribution in [2.24, 2.45) is 0 Å². The number of unbranched alkanes of at least 4 members (excludes halogenated alkanes) is 7. The molecule has 0 heterocycles. The molecule has 0 spiro atoms. The summed E-state index contributed by atoms with van der Waals surface area (Å²) in [6.45, 7) is 10.7.